The highest BCUT2D eigenvalue weighted by Crippen LogP contribution is 2.25. The van der Waals surface area contributed by atoms with E-state index in [9.17, 15) is 9.90 Å². The lowest BCUT2D eigenvalue weighted by Gasteiger charge is -2.31. The summed E-state index contributed by atoms with van der Waals surface area (Å²) in [5.74, 6) is 6.12. The van der Waals surface area contributed by atoms with Crippen LogP contribution in [0.1, 0.15) is 46.8 Å². The van der Waals surface area contributed by atoms with Gasteiger partial charge in [0.05, 0.1) is 4.88 Å². The summed E-state index contributed by atoms with van der Waals surface area (Å²) in [5.41, 5.74) is -0.238. The Labute approximate surface area is 170 Å². The van der Waals surface area contributed by atoms with Gasteiger partial charge in [-0.05, 0) is 69.6 Å². The molecule has 1 aliphatic heterocycles. The Hall–Kier alpha value is -1.64. The van der Waals surface area contributed by atoms with Crippen LogP contribution in [0.15, 0.2) is 36.4 Å². The van der Waals surface area contributed by atoms with Crippen LogP contribution in [-0.4, -0.2) is 34.5 Å². The van der Waals surface area contributed by atoms with E-state index in [1.54, 1.807) is 37.3 Å². The van der Waals surface area contributed by atoms with Crippen LogP contribution in [0, 0.1) is 17.8 Å². The maximum absolute atomic E-state index is 12.8. The van der Waals surface area contributed by atoms with Gasteiger partial charge < -0.3 is 5.11 Å². The fourth-order valence-corrected chi connectivity index (χ4v) is 4.26. The summed E-state index contributed by atoms with van der Waals surface area (Å²) in [6, 6.07) is 11.3. The summed E-state index contributed by atoms with van der Waals surface area (Å²) in [7, 11) is 0. The predicted molar refractivity (Wildman–Crippen MR) is 111 cm³/mol. The van der Waals surface area contributed by atoms with E-state index in [1.807, 2.05) is 18.2 Å². The van der Waals surface area contributed by atoms with Crippen molar-refractivity contribution in [2.45, 2.75) is 38.8 Å². The Bertz CT molecular complexity index is 855. The first-order chi connectivity index (χ1) is 12.8. The Morgan fingerprint density at radius 1 is 1.30 bits per heavy atom. The van der Waals surface area contributed by atoms with E-state index in [4.69, 9.17) is 11.6 Å². The van der Waals surface area contributed by atoms with E-state index < -0.39 is 5.60 Å². The summed E-state index contributed by atoms with van der Waals surface area (Å²) in [5, 5.41) is 10.4. The summed E-state index contributed by atoms with van der Waals surface area (Å²) in [6.45, 7) is 5.98. The molecule has 1 N–H and O–H groups in total. The van der Waals surface area contributed by atoms with E-state index in [0.29, 0.717) is 5.02 Å². The number of rotatable bonds is 4. The van der Waals surface area contributed by atoms with Gasteiger partial charge in [-0.25, -0.2) is 0 Å². The van der Waals surface area contributed by atoms with Crippen molar-refractivity contribution in [2.24, 2.45) is 5.92 Å². The average Bonchev–Trinajstić information content (AvgIpc) is 3.07. The number of carbonyl (C=O) groups excluding carboxylic acids is 1. The number of halogens is 1. The first-order valence-electron chi connectivity index (χ1n) is 9.16. The second kappa shape index (κ2) is 8.58. The molecular weight excluding hydrogens is 378 g/mol. The van der Waals surface area contributed by atoms with Crippen LogP contribution >= 0.6 is 22.9 Å². The minimum atomic E-state index is -0.980. The smallest absolute Gasteiger partial charge is 0.167 e. The molecule has 0 unspecified atom stereocenters. The number of thiophene rings is 1. The number of carbonyl (C=O) groups is 1. The molecule has 1 aromatic heterocycles. The summed E-state index contributed by atoms with van der Waals surface area (Å²) in [6.07, 6.45) is 1.96. The summed E-state index contributed by atoms with van der Waals surface area (Å²) >= 11 is 7.57. The van der Waals surface area contributed by atoms with Gasteiger partial charge in [0.15, 0.2) is 5.78 Å². The van der Waals surface area contributed by atoms with Gasteiger partial charge in [-0.15, -0.1) is 11.3 Å². The SMILES string of the molecule is CC(C)(O)C#Cc1ccc(CN2CCC[C@@H](C(=O)c3ccc(Cl)cc3)C2)s1. The van der Waals surface area contributed by atoms with Crippen LogP contribution < -0.4 is 0 Å². The maximum Gasteiger partial charge on any atom is 0.167 e. The van der Waals surface area contributed by atoms with Gasteiger partial charge in [-0.1, -0.05) is 23.4 Å². The molecule has 2 heterocycles. The van der Waals surface area contributed by atoms with Crippen LogP contribution in [0.3, 0.4) is 0 Å². The molecule has 27 heavy (non-hydrogen) atoms. The lowest BCUT2D eigenvalue weighted by Crippen LogP contribution is -2.38. The molecule has 0 amide bonds. The molecule has 5 heteroatoms. The number of hydrogen-bond acceptors (Lipinski definition) is 4. The third-order valence-electron chi connectivity index (χ3n) is 4.54. The molecule has 1 aromatic carbocycles. The molecule has 3 nitrogen and oxygen atoms in total. The number of aliphatic hydroxyl groups is 1. The normalized spacial score (nSPS) is 18.0. The topological polar surface area (TPSA) is 40.5 Å². The van der Waals surface area contributed by atoms with E-state index >= 15 is 0 Å². The lowest BCUT2D eigenvalue weighted by atomic mass is 9.90. The van der Waals surface area contributed by atoms with Crippen molar-refractivity contribution in [3.05, 3.63) is 56.7 Å². The first-order valence-corrected chi connectivity index (χ1v) is 10.4. The number of benzene rings is 1. The van der Waals surface area contributed by atoms with Crippen LogP contribution in [0.2, 0.25) is 5.02 Å². The minimum absolute atomic E-state index is 0.0364. The maximum atomic E-state index is 12.8. The Balaban J connectivity index is 1.61. The molecule has 1 atom stereocenters. The third-order valence-corrected chi connectivity index (χ3v) is 5.78. The number of Topliss-reactive ketones (excluding diaryl/α,β-unsaturated/α-hetero) is 1. The molecule has 1 aliphatic rings. The summed E-state index contributed by atoms with van der Waals surface area (Å²) in [4.78, 5) is 17.3. The lowest BCUT2D eigenvalue weighted by molar-refractivity contribution is 0.0812. The quantitative estimate of drug-likeness (QED) is 0.600. The van der Waals surface area contributed by atoms with Crippen molar-refractivity contribution in [1.29, 1.82) is 0 Å². The van der Waals surface area contributed by atoms with Gasteiger partial charge in [0.1, 0.15) is 5.60 Å². The number of piperidine rings is 1. The Morgan fingerprint density at radius 3 is 2.74 bits per heavy atom. The van der Waals surface area contributed by atoms with Gasteiger partial charge in [0, 0.05) is 34.5 Å². The van der Waals surface area contributed by atoms with E-state index in [1.165, 1.54) is 4.88 Å². The highest BCUT2D eigenvalue weighted by Gasteiger charge is 2.26. The van der Waals surface area contributed by atoms with Gasteiger partial charge in [-0.3, -0.25) is 9.69 Å². The number of likely N-dealkylation sites (tertiary alicyclic amines) is 1. The molecule has 1 saturated heterocycles. The van der Waals surface area contributed by atoms with Crippen LogP contribution in [-0.2, 0) is 6.54 Å². The number of ketones is 1. The fourth-order valence-electron chi connectivity index (χ4n) is 3.23. The standard InChI is InChI=1S/C22H24ClNO2S/c1-22(2,26)12-11-19-9-10-20(27-19)15-24-13-3-4-17(14-24)21(25)16-5-7-18(23)8-6-16/h5-10,17,26H,3-4,13-15H2,1-2H3/t17-/m1/s1. The first kappa shape index (κ1) is 20.1. The van der Waals surface area contributed by atoms with Gasteiger partial charge in [0.25, 0.3) is 0 Å². The van der Waals surface area contributed by atoms with Crippen LogP contribution in [0.25, 0.3) is 0 Å². The molecule has 0 spiro atoms. The molecule has 2 aromatic rings. The van der Waals surface area contributed by atoms with E-state index in [-0.39, 0.29) is 11.7 Å². The van der Waals surface area contributed by atoms with Crippen molar-refractivity contribution in [3.63, 3.8) is 0 Å². The van der Waals surface area contributed by atoms with Gasteiger partial charge in [0.2, 0.25) is 0 Å². The largest absolute Gasteiger partial charge is 0.378 e. The molecule has 142 valence electrons. The molecule has 0 bridgehead atoms. The van der Waals surface area contributed by atoms with Crippen molar-refractivity contribution in [3.8, 4) is 11.8 Å². The highest BCUT2D eigenvalue weighted by molar-refractivity contribution is 7.12. The third kappa shape index (κ3) is 5.92. The second-order valence-corrected chi connectivity index (χ2v) is 9.13. The molecular formula is C22H24ClNO2S. The zero-order chi connectivity index (χ0) is 19.4. The van der Waals surface area contributed by atoms with E-state index in [2.05, 4.69) is 22.8 Å². The van der Waals surface area contributed by atoms with Gasteiger partial charge >= 0.3 is 0 Å². The van der Waals surface area contributed by atoms with Crippen LogP contribution in [0.4, 0.5) is 0 Å². The van der Waals surface area contributed by atoms with Crippen molar-refractivity contribution in [2.75, 3.05) is 13.1 Å². The van der Waals surface area contributed by atoms with Crippen molar-refractivity contribution < 1.29 is 9.90 Å². The number of hydrogen-bond donors (Lipinski definition) is 1. The molecule has 3 rings (SSSR count). The Kier molecular flexibility index (Phi) is 6.39. The minimum Gasteiger partial charge on any atom is -0.378 e. The monoisotopic (exact) mass is 401 g/mol. The second-order valence-electron chi connectivity index (χ2n) is 7.52. The fraction of sp³-hybridized carbons (Fsp3) is 0.409. The zero-order valence-corrected chi connectivity index (χ0v) is 17.2. The molecule has 0 aliphatic carbocycles. The molecule has 1 fully saturated rings. The van der Waals surface area contributed by atoms with Gasteiger partial charge in [-0.2, -0.15) is 0 Å². The molecule has 0 radical (unpaired) electrons. The molecule has 0 saturated carbocycles. The van der Waals surface area contributed by atoms with Crippen LogP contribution in [0.5, 0.6) is 0 Å². The highest BCUT2D eigenvalue weighted by atomic mass is 35.5. The Morgan fingerprint density at radius 2 is 2.04 bits per heavy atom. The number of nitrogens with zero attached hydrogens (tertiary/aromatic N) is 1. The van der Waals surface area contributed by atoms with Crippen molar-refractivity contribution >= 4 is 28.7 Å². The van der Waals surface area contributed by atoms with E-state index in [0.717, 1.165) is 42.9 Å². The predicted octanol–water partition coefficient (Wildman–Crippen LogP) is 4.62. The van der Waals surface area contributed by atoms with Crippen molar-refractivity contribution in [1.82, 2.24) is 4.90 Å². The summed E-state index contributed by atoms with van der Waals surface area (Å²) < 4.78 is 0. The average molecular weight is 402 g/mol. The zero-order valence-electron chi connectivity index (χ0n) is 15.7.